The van der Waals surface area contributed by atoms with Crippen LogP contribution in [0.2, 0.25) is 0 Å². The maximum absolute atomic E-state index is 10.8. The summed E-state index contributed by atoms with van der Waals surface area (Å²) in [4.78, 5) is 0. The molecule has 1 aliphatic rings. The Labute approximate surface area is 119 Å². The lowest BCUT2D eigenvalue weighted by Gasteiger charge is -2.30. The fraction of sp³-hybridized carbons (Fsp3) is 0.294. The Hall–Kier alpha value is -1.84. The van der Waals surface area contributed by atoms with Crippen LogP contribution in [-0.2, 0) is 6.42 Å². The van der Waals surface area contributed by atoms with E-state index >= 15 is 0 Å². The average molecular weight is 269 g/mol. The number of aryl methyl sites for hydroxylation is 1. The van der Waals surface area contributed by atoms with Gasteiger partial charge in [0, 0.05) is 13.0 Å². The molecular formula is C17H19NO2. The summed E-state index contributed by atoms with van der Waals surface area (Å²) < 4.78 is 6.11. The zero-order valence-electron chi connectivity index (χ0n) is 11.5. The van der Waals surface area contributed by atoms with Crippen LogP contribution in [0.15, 0.2) is 48.5 Å². The number of ether oxygens (including phenoxy) is 1. The Morgan fingerprint density at radius 2 is 1.90 bits per heavy atom. The van der Waals surface area contributed by atoms with Gasteiger partial charge >= 0.3 is 0 Å². The molecular weight excluding hydrogens is 250 g/mol. The Kier molecular flexibility index (Phi) is 3.24. The maximum atomic E-state index is 10.8. The Morgan fingerprint density at radius 3 is 2.65 bits per heavy atom. The molecule has 0 bridgehead atoms. The molecule has 3 rings (SSSR count). The number of benzene rings is 2. The molecule has 0 unspecified atom stereocenters. The Morgan fingerprint density at radius 1 is 1.20 bits per heavy atom. The van der Waals surface area contributed by atoms with E-state index in [4.69, 9.17) is 10.5 Å². The summed E-state index contributed by atoms with van der Waals surface area (Å²) in [6, 6.07) is 15.8. The van der Waals surface area contributed by atoms with E-state index in [1.165, 1.54) is 0 Å². The number of nitrogens with two attached hydrogens (primary N) is 1. The Bertz CT molecular complexity index is 626. The van der Waals surface area contributed by atoms with Crippen LogP contribution in [0.25, 0.3) is 0 Å². The van der Waals surface area contributed by atoms with Crippen molar-refractivity contribution in [2.75, 3.05) is 6.54 Å². The molecule has 2 aromatic carbocycles. The molecule has 0 aliphatic heterocycles. The summed E-state index contributed by atoms with van der Waals surface area (Å²) >= 11 is 0. The number of hydrogen-bond donors (Lipinski definition) is 2. The van der Waals surface area contributed by atoms with E-state index in [1.807, 2.05) is 55.5 Å². The first-order chi connectivity index (χ1) is 9.64. The SMILES string of the molecule is Cc1ccccc1O[C@H]1c2ccccc2C[C@@]1(O)CN. The van der Waals surface area contributed by atoms with Gasteiger partial charge in [-0.25, -0.2) is 0 Å². The Balaban J connectivity index is 2.00. The van der Waals surface area contributed by atoms with Gasteiger partial charge in [-0.2, -0.15) is 0 Å². The molecule has 20 heavy (non-hydrogen) atoms. The van der Waals surface area contributed by atoms with E-state index in [0.717, 1.165) is 22.4 Å². The van der Waals surface area contributed by atoms with E-state index in [9.17, 15) is 5.11 Å². The highest BCUT2D eigenvalue weighted by Gasteiger charge is 2.45. The van der Waals surface area contributed by atoms with Crippen molar-refractivity contribution in [3.8, 4) is 5.75 Å². The summed E-state index contributed by atoms with van der Waals surface area (Å²) in [6.45, 7) is 2.18. The van der Waals surface area contributed by atoms with Crippen molar-refractivity contribution in [1.29, 1.82) is 0 Å². The van der Waals surface area contributed by atoms with Crippen molar-refractivity contribution in [2.24, 2.45) is 5.73 Å². The van der Waals surface area contributed by atoms with E-state index < -0.39 is 11.7 Å². The van der Waals surface area contributed by atoms with Crippen LogP contribution in [0.1, 0.15) is 22.8 Å². The van der Waals surface area contributed by atoms with Gasteiger partial charge in [0.05, 0.1) is 0 Å². The minimum absolute atomic E-state index is 0.179. The van der Waals surface area contributed by atoms with Gasteiger partial charge in [0.25, 0.3) is 0 Å². The minimum Gasteiger partial charge on any atom is -0.482 e. The predicted molar refractivity (Wildman–Crippen MR) is 78.7 cm³/mol. The van der Waals surface area contributed by atoms with Gasteiger partial charge in [-0.3, -0.25) is 0 Å². The molecule has 0 amide bonds. The van der Waals surface area contributed by atoms with Crippen molar-refractivity contribution in [1.82, 2.24) is 0 Å². The van der Waals surface area contributed by atoms with Gasteiger partial charge in [0.15, 0.2) is 6.10 Å². The van der Waals surface area contributed by atoms with E-state index in [1.54, 1.807) is 0 Å². The number of aliphatic hydroxyl groups is 1. The van der Waals surface area contributed by atoms with Crippen LogP contribution in [0.3, 0.4) is 0 Å². The van der Waals surface area contributed by atoms with Gasteiger partial charge in [-0.05, 0) is 29.7 Å². The number of fused-ring (bicyclic) bond motifs is 1. The van der Waals surface area contributed by atoms with Crippen LogP contribution in [0.4, 0.5) is 0 Å². The monoisotopic (exact) mass is 269 g/mol. The van der Waals surface area contributed by atoms with Gasteiger partial charge in [-0.1, -0.05) is 42.5 Å². The molecule has 3 N–H and O–H groups in total. The number of rotatable bonds is 3. The van der Waals surface area contributed by atoms with Crippen molar-refractivity contribution in [3.05, 3.63) is 65.2 Å². The van der Waals surface area contributed by atoms with Crippen LogP contribution in [0, 0.1) is 6.92 Å². The molecule has 1 aliphatic carbocycles. The second-order valence-electron chi connectivity index (χ2n) is 5.45. The molecule has 3 nitrogen and oxygen atoms in total. The first-order valence-corrected chi connectivity index (χ1v) is 6.86. The van der Waals surface area contributed by atoms with Gasteiger partial charge < -0.3 is 15.6 Å². The first kappa shape index (κ1) is 13.2. The second-order valence-corrected chi connectivity index (χ2v) is 5.45. The minimum atomic E-state index is -1.04. The summed E-state index contributed by atoms with van der Waals surface area (Å²) in [5, 5.41) is 10.8. The molecule has 0 heterocycles. The van der Waals surface area contributed by atoms with Crippen LogP contribution in [-0.4, -0.2) is 17.3 Å². The predicted octanol–water partition coefficient (Wildman–Crippen LogP) is 2.36. The van der Waals surface area contributed by atoms with Crippen LogP contribution >= 0.6 is 0 Å². The fourth-order valence-electron chi connectivity index (χ4n) is 2.83. The molecule has 0 radical (unpaired) electrons. The molecule has 0 saturated carbocycles. The van der Waals surface area contributed by atoms with E-state index in [-0.39, 0.29) is 6.54 Å². The third-order valence-electron chi connectivity index (χ3n) is 4.01. The van der Waals surface area contributed by atoms with E-state index in [0.29, 0.717) is 6.42 Å². The third kappa shape index (κ3) is 2.09. The van der Waals surface area contributed by atoms with Gasteiger partial charge in [0.1, 0.15) is 11.4 Å². The largest absolute Gasteiger partial charge is 0.482 e. The lowest BCUT2D eigenvalue weighted by molar-refractivity contribution is -0.0440. The van der Waals surface area contributed by atoms with Crippen molar-refractivity contribution in [2.45, 2.75) is 25.0 Å². The smallest absolute Gasteiger partial charge is 0.154 e. The quantitative estimate of drug-likeness (QED) is 0.899. The van der Waals surface area contributed by atoms with Crippen molar-refractivity contribution < 1.29 is 9.84 Å². The molecule has 104 valence electrons. The number of para-hydroxylation sites is 1. The van der Waals surface area contributed by atoms with Crippen molar-refractivity contribution in [3.63, 3.8) is 0 Å². The van der Waals surface area contributed by atoms with Gasteiger partial charge in [0.2, 0.25) is 0 Å². The molecule has 0 spiro atoms. The normalized spacial score (nSPS) is 24.4. The summed E-state index contributed by atoms with van der Waals surface area (Å²) in [5.74, 6) is 0.793. The highest BCUT2D eigenvalue weighted by atomic mass is 16.5. The standard InChI is InChI=1S/C17H19NO2/c1-12-6-2-5-9-15(12)20-16-14-8-4-3-7-13(14)10-17(16,19)11-18/h2-9,16,19H,10-11,18H2,1H3/t16-,17+/m0/s1. The summed E-state index contributed by atoms with van der Waals surface area (Å²) in [6.07, 6.45) is 0.126. The highest BCUT2D eigenvalue weighted by Crippen LogP contribution is 2.42. The maximum Gasteiger partial charge on any atom is 0.154 e. The van der Waals surface area contributed by atoms with Gasteiger partial charge in [-0.15, -0.1) is 0 Å². The molecule has 0 saturated heterocycles. The lowest BCUT2D eigenvalue weighted by Crippen LogP contribution is -2.44. The summed E-state index contributed by atoms with van der Waals surface area (Å²) in [5.41, 5.74) is 7.96. The van der Waals surface area contributed by atoms with E-state index in [2.05, 4.69) is 0 Å². The molecule has 0 fully saturated rings. The number of hydrogen-bond acceptors (Lipinski definition) is 3. The molecule has 2 atom stereocenters. The second kappa shape index (κ2) is 4.93. The average Bonchev–Trinajstić information content (AvgIpc) is 2.75. The zero-order chi connectivity index (χ0) is 14.2. The molecule has 3 heteroatoms. The lowest BCUT2D eigenvalue weighted by atomic mass is 9.97. The fourth-order valence-corrected chi connectivity index (χ4v) is 2.83. The summed E-state index contributed by atoms with van der Waals surface area (Å²) in [7, 11) is 0. The molecule has 0 aromatic heterocycles. The molecule has 2 aromatic rings. The first-order valence-electron chi connectivity index (χ1n) is 6.86. The highest BCUT2D eigenvalue weighted by molar-refractivity contribution is 5.41. The zero-order valence-corrected chi connectivity index (χ0v) is 11.5. The topological polar surface area (TPSA) is 55.5 Å². The third-order valence-corrected chi connectivity index (χ3v) is 4.01. The van der Waals surface area contributed by atoms with Crippen LogP contribution < -0.4 is 10.5 Å². The van der Waals surface area contributed by atoms with Crippen molar-refractivity contribution >= 4 is 0 Å². The van der Waals surface area contributed by atoms with Crippen LogP contribution in [0.5, 0.6) is 5.75 Å².